The highest BCUT2D eigenvalue weighted by Gasteiger charge is 2.01. The lowest BCUT2D eigenvalue weighted by atomic mass is 10.1. The number of aryl methyl sites for hydroxylation is 1. The second-order valence-corrected chi connectivity index (χ2v) is 5.20. The third-order valence-electron chi connectivity index (χ3n) is 3.39. The standard InChI is InChI=1S/C18H22N2O2/c1-14-4-3-5-16(12-14)13-20-18(21)19-11-10-15-6-8-17(22-2)9-7-15/h3-9,12H,10-11,13H2,1-2H3,(H2,19,20,21). The molecule has 0 bridgehead atoms. The number of carbonyl (C=O) groups is 1. The van der Waals surface area contributed by atoms with Crippen LogP contribution in [0.3, 0.4) is 0 Å². The highest BCUT2D eigenvalue weighted by atomic mass is 16.5. The van der Waals surface area contributed by atoms with E-state index in [1.165, 1.54) is 11.1 Å². The molecule has 4 heteroatoms. The van der Waals surface area contributed by atoms with Crippen LogP contribution in [0.4, 0.5) is 4.79 Å². The first-order chi connectivity index (χ1) is 10.7. The van der Waals surface area contributed by atoms with E-state index in [-0.39, 0.29) is 6.03 Å². The van der Waals surface area contributed by atoms with Crippen molar-refractivity contribution in [3.63, 3.8) is 0 Å². The van der Waals surface area contributed by atoms with Crippen LogP contribution in [0.5, 0.6) is 5.75 Å². The Hall–Kier alpha value is -2.49. The van der Waals surface area contributed by atoms with Crippen molar-refractivity contribution in [3.05, 3.63) is 65.2 Å². The van der Waals surface area contributed by atoms with Crippen molar-refractivity contribution in [3.8, 4) is 5.75 Å². The number of carbonyl (C=O) groups excluding carboxylic acids is 1. The molecule has 2 amide bonds. The molecule has 2 N–H and O–H groups in total. The van der Waals surface area contributed by atoms with E-state index in [0.717, 1.165) is 17.7 Å². The zero-order valence-corrected chi connectivity index (χ0v) is 13.1. The van der Waals surface area contributed by atoms with Gasteiger partial charge in [0.2, 0.25) is 0 Å². The van der Waals surface area contributed by atoms with Gasteiger partial charge < -0.3 is 15.4 Å². The lowest BCUT2D eigenvalue weighted by molar-refractivity contribution is 0.240. The SMILES string of the molecule is COc1ccc(CCNC(=O)NCc2cccc(C)c2)cc1. The van der Waals surface area contributed by atoms with Crippen LogP contribution in [0, 0.1) is 6.92 Å². The van der Waals surface area contributed by atoms with Gasteiger partial charge in [-0.3, -0.25) is 0 Å². The molecule has 2 aromatic rings. The van der Waals surface area contributed by atoms with Gasteiger partial charge in [0.15, 0.2) is 0 Å². The minimum Gasteiger partial charge on any atom is -0.497 e. The predicted molar refractivity (Wildman–Crippen MR) is 88.1 cm³/mol. The van der Waals surface area contributed by atoms with Gasteiger partial charge in [0, 0.05) is 13.1 Å². The van der Waals surface area contributed by atoms with Crippen LogP contribution >= 0.6 is 0 Å². The molecule has 0 saturated heterocycles. The molecule has 0 aliphatic carbocycles. The Labute approximate surface area is 131 Å². The van der Waals surface area contributed by atoms with Gasteiger partial charge in [0.1, 0.15) is 5.75 Å². The molecule has 4 nitrogen and oxygen atoms in total. The highest BCUT2D eigenvalue weighted by molar-refractivity contribution is 5.73. The number of amides is 2. The van der Waals surface area contributed by atoms with Crippen molar-refractivity contribution in [2.24, 2.45) is 0 Å². The van der Waals surface area contributed by atoms with Crippen LogP contribution in [0.1, 0.15) is 16.7 Å². The van der Waals surface area contributed by atoms with E-state index in [4.69, 9.17) is 4.74 Å². The molecular weight excluding hydrogens is 276 g/mol. The second-order valence-electron chi connectivity index (χ2n) is 5.20. The molecule has 0 radical (unpaired) electrons. The molecule has 0 fully saturated rings. The largest absolute Gasteiger partial charge is 0.497 e. The summed E-state index contributed by atoms with van der Waals surface area (Å²) in [5.41, 5.74) is 3.46. The van der Waals surface area contributed by atoms with Gasteiger partial charge in [0.25, 0.3) is 0 Å². The van der Waals surface area contributed by atoms with Gasteiger partial charge in [-0.25, -0.2) is 4.79 Å². The number of hydrogen-bond acceptors (Lipinski definition) is 2. The first-order valence-corrected chi connectivity index (χ1v) is 7.37. The summed E-state index contributed by atoms with van der Waals surface area (Å²) in [7, 11) is 1.65. The number of nitrogens with one attached hydrogen (secondary N) is 2. The molecule has 0 spiro atoms. The fourth-order valence-electron chi connectivity index (χ4n) is 2.18. The number of benzene rings is 2. The molecule has 0 unspecified atom stereocenters. The minimum absolute atomic E-state index is 0.144. The Bertz CT molecular complexity index is 609. The maximum absolute atomic E-state index is 11.7. The summed E-state index contributed by atoms with van der Waals surface area (Å²) in [6.07, 6.45) is 0.794. The lowest BCUT2D eigenvalue weighted by Gasteiger charge is -2.08. The van der Waals surface area contributed by atoms with E-state index in [0.29, 0.717) is 13.1 Å². The highest BCUT2D eigenvalue weighted by Crippen LogP contribution is 2.11. The normalized spacial score (nSPS) is 10.1. The van der Waals surface area contributed by atoms with Crippen LogP contribution in [-0.4, -0.2) is 19.7 Å². The molecule has 0 aromatic heterocycles. The average Bonchev–Trinajstić information content (AvgIpc) is 2.54. The topological polar surface area (TPSA) is 50.4 Å². The Balaban J connectivity index is 1.69. The summed E-state index contributed by atoms with van der Waals surface area (Å²) in [6.45, 7) is 3.18. The van der Waals surface area contributed by atoms with Crippen molar-refractivity contribution in [2.75, 3.05) is 13.7 Å². The Morgan fingerprint density at radius 3 is 2.50 bits per heavy atom. The fourth-order valence-corrected chi connectivity index (χ4v) is 2.18. The summed E-state index contributed by atoms with van der Waals surface area (Å²) in [5.74, 6) is 0.840. The van der Waals surface area contributed by atoms with Crippen molar-refractivity contribution in [1.29, 1.82) is 0 Å². The Morgan fingerprint density at radius 1 is 1.05 bits per heavy atom. The summed E-state index contributed by atoms with van der Waals surface area (Å²) in [5, 5.41) is 5.72. The van der Waals surface area contributed by atoms with Crippen molar-refractivity contribution in [1.82, 2.24) is 10.6 Å². The number of methoxy groups -OCH3 is 1. The second kappa shape index (κ2) is 8.08. The van der Waals surface area contributed by atoms with Crippen LogP contribution < -0.4 is 15.4 Å². The summed E-state index contributed by atoms with van der Waals surface area (Å²) < 4.78 is 5.11. The molecular formula is C18H22N2O2. The van der Waals surface area contributed by atoms with Crippen LogP contribution in [0.2, 0.25) is 0 Å². The molecule has 2 rings (SSSR count). The van der Waals surface area contributed by atoms with E-state index in [1.54, 1.807) is 7.11 Å². The van der Waals surface area contributed by atoms with E-state index in [1.807, 2.05) is 49.4 Å². The molecule has 2 aromatic carbocycles. The molecule has 0 heterocycles. The number of rotatable bonds is 6. The monoisotopic (exact) mass is 298 g/mol. The van der Waals surface area contributed by atoms with Crippen molar-refractivity contribution < 1.29 is 9.53 Å². The molecule has 0 atom stereocenters. The zero-order chi connectivity index (χ0) is 15.8. The number of ether oxygens (including phenoxy) is 1. The maximum atomic E-state index is 11.7. The maximum Gasteiger partial charge on any atom is 0.315 e. The quantitative estimate of drug-likeness (QED) is 0.861. The number of hydrogen-bond donors (Lipinski definition) is 2. The van der Waals surface area contributed by atoms with E-state index < -0.39 is 0 Å². The summed E-state index contributed by atoms with van der Waals surface area (Å²) in [6, 6.07) is 15.8. The minimum atomic E-state index is -0.144. The first kappa shape index (κ1) is 15.9. The zero-order valence-electron chi connectivity index (χ0n) is 13.1. The molecule has 116 valence electrons. The van der Waals surface area contributed by atoms with Crippen molar-refractivity contribution in [2.45, 2.75) is 19.9 Å². The van der Waals surface area contributed by atoms with Crippen LogP contribution in [0.15, 0.2) is 48.5 Å². The predicted octanol–water partition coefficient (Wildman–Crippen LogP) is 3.05. The van der Waals surface area contributed by atoms with Gasteiger partial charge >= 0.3 is 6.03 Å². The third kappa shape index (κ3) is 5.13. The summed E-state index contributed by atoms with van der Waals surface area (Å²) in [4.78, 5) is 11.7. The van der Waals surface area contributed by atoms with Gasteiger partial charge in [-0.15, -0.1) is 0 Å². The molecule has 0 aliphatic heterocycles. The smallest absolute Gasteiger partial charge is 0.315 e. The van der Waals surface area contributed by atoms with Crippen LogP contribution in [0.25, 0.3) is 0 Å². The van der Waals surface area contributed by atoms with Gasteiger partial charge in [-0.1, -0.05) is 42.0 Å². The van der Waals surface area contributed by atoms with Crippen LogP contribution in [-0.2, 0) is 13.0 Å². The van der Waals surface area contributed by atoms with E-state index in [2.05, 4.69) is 16.7 Å². The molecule has 0 aliphatic rings. The van der Waals surface area contributed by atoms with Crippen molar-refractivity contribution >= 4 is 6.03 Å². The third-order valence-corrected chi connectivity index (χ3v) is 3.39. The van der Waals surface area contributed by atoms with Gasteiger partial charge in [-0.05, 0) is 36.6 Å². The molecule has 22 heavy (non-hydrogen) atoms. The molecule has 0 saturated carbocycles. The summed E-state index contributed by atoms with van der Waals surface area (Å²) >= 11 is 0. The van der Waals surface area contributed by atoms with Gasteiger partial charge in [-0.2, -0.15) is 0 Å². The van der Waals surface area contributed by atoms with Gasteiger partial charge in [0.05, 0.1) is 7.11 Å². The first-order valence-electron chi connectivity index (χ1n) is 7.37. The number of urea groups is 1. The fraction of sp³-hybridized carbons (Fsp3) is 0.278. The Kier molecular flexibility index (Phi) is 5.83. The Morgan fingerprint density at radius 2 is 1.82 bits per heavy atom. The van der Waals surface area contributed by atoms with E-state index in [9.17, 15) is 4.79 Å². The van der Waals surface area contributed by atoms with E-state index >= 15 is 0 Å². The average molecular weight is 298 g/mol. The lowest BCUT2D eigenvalue weighted by Crippen LogP contribution is -2.36.